The molecule has 0 fully saturated rings. The van der Waals surface area contributed by atoms with Crippen molar-refractivity contribution < 1.29 is 182 Å². The van der Waals surface area contributed by atoms with Crippen molar-refractivity contribution in [3.8, 4) is 0 Å². The van der Waals surface area contributed by atoms with Crippen LogP contribution in [0.25, 0.3) is 0 Å². The number of halogens is 34. The molecule has 0 rings (SSSR count). The van der Waals surface area contributed by atoms with Crippen molar-refractivity contribution in [1.29, 1.82) is 0 Å². The predicted molar refractivity (Wildman–Crippen MR) is 183 cm³/mol. The number of phosphoric ester groups is 1. The fraction of sp³-hybridized carbons (Fsp3) is 0.882. The number of phosphoric acid groups is 1. The molecule has 0 spiro atoms. The Hall–Kier alpha value is -2.91. The average molecular weight is 1230 g/mol. The fourth-order valence-electron chi connectivity index (χ4n) is 4.78. The minimum Gasteiger partial charge on any atom is -0.379 e. The molecule has 0 aromatic carbocycles. The van der Waals surface area contributed by atoms with E-state index >= 15 is 0 Å². The van der Waals surface area contributed by atoms with E-state index in [0.29, 0.717) is 0 Å². The van der Waals surface area contributed by atoms with Crippen LogP contribution in [0.5, 0.6) is 0 Å². The number of nitrogens with zero attached hydrogens (tertiary/aromatic N) is 1. The summed E-state index contributed by atoms with van der Waals surface area (Å²) < 4.78 is 490. The topological polar surface area (TPSA) is 74.2 Å². The maximum absolute atomic E-state index is 14.2. The fourth-order valence-corrected chi connectivity index (χ4v) is 5.52. The molecule has 0 aliphatic carbocycles. The van der Waals surface area contributed by atoms with E-state index in [1.807, 2.05) is 0 Å². The normalized spacial score (nSPS) is 17.3. The molecule has 454 valence electrons. The average Bonchev–Trinajstić information content (AvgIpc) is 3.20. The summed E-state index contributed by atoms with van der Waals surface area (Å²) in [4.78, 5) is 9.88. The second-order valence-electron chi connectivity index (χ2n) is 16.4. The van der Waals surface area contributed by atoms with Gasteiger partial charge in [-0.25, -0.2) is 4.57 Å². The highest BCUT2D eigenvalue weighted by molar-refractivity contribution is 7.47. The smallest absolute Gasteiger partial charge is 0.379 e. The summed E-state index contributed by atoms with van der Waals surface area (Å²) in [6, 6.07) is 0. The summed E-state index contributed by atoms with van der Waals surface area (Å²) in [7, 11) is -0.489. The Balaban J connectivity index is 6.19. The standard InChI is InChI=1S/C34H34F34NO6P/c1-69(2,3)12-15-74-76(70,71)75-17-18(73-14-9-5-7-11-20(37,38)22(41,42)24(45,46)26(49,50)28(53,54)30(57,58)32(61,62)34(66,67)68)16-72-13-8-4-6-10-19(35,36)21(39,40)23(43,44)25(47,48)27(51,52)29(55,56)31(59,60)33(63,64)65/h6-7,10-11,18H,4-5,8-9,12-17H2,1-3H3/p+1/b10-6+,11-7+. The van der Waals surface area contributed by atoms with Crippen LogP contribution in [-0.2, 0) is 23.1 Å². The highest BCUT2D eigenvalue weighted by Gasteiger charge is 2.96. The van der Waals surface area contributed by atoms with Crippen molar-refractivity contribution in [3.63, 3.8) is 0 Å². The van der Waals surface area contributed by atoms with Crippen LogP contribution < -0.4 is 0 Å². The van der Waals surface area contributed by atoms with Crippen LogP contribution in [-0.4, -0.2) is 171 Å². The quantitative estimate of drug-likeness (QED) is 0.0238. The number of ether oxygens (including phenoxy) is 2. The Morgan fingerprint density at radius 1 is 0.408 bits per heavy atom. The lowest BCUT2D eigenvalue weighted by Gasteiger charge is -2.42. The van der Waals surface area contributed by atoms with E-state index in [1.54, 1.807) is 21.1 Å². The van der Waals surface area contributed by atoms with Gasteiger partial charge < -0.3 is 18.9 Å². The summed E-state index contributed by atoms with van der Waals surface area (Å²) in [5, 5.41) is 0. The maximum atomic E-state index is 14.2. The number of quaternary nitrogens is 1. The molecule has 2 atom stereocenters. The first-order valence-corrected chi connectivity index (χ1v) is 20.9. The lowest BCUT2D eigenvalue weighted by molar-refractivity contribution is -0.870. The van der Waals surface area contributed by atoms with E-state index in [0.717, 1.165) is 0 Å². The molecule has 0 radical (unpaired) electrons. The van der Waals surface area contributed by atoms with Gasteiger partial charge in [0.05, 0.1) is 34.4 Å². The van der Waals surface area contributed by atoms with E-state index in [9.17, 15) is 159 Å². The molecule has 7 nitrogen and oxygen atoms in total. The SMILES string of the molecule is C[N+](C)(C)CCOP(=O)(O)OCC(COCCC/C=C/C(F)(F)C(F)(F)C(F)(F)C(F)(F)C(F)(F)C(F)(F)C(F)(F)C(F)(F)F)OCCC/C=C/C(F)(F)C(F)(F)C(F)(F)C(F)(F)C(F)(F)C(F)(F)C(F)(F)C(F)(F)F. The molecule has 0 saturated carbocycles. The molecule has 0 aliphatic heterocycles. The predicted octanol–water partition coefficient (Wildman–Crippen LogP) is 13.9. The van der Waals surface area contributed by atoms with Crippen LogP contribution in [0, 0.1) is 0 Å². The molecular weight excluding hydrogens is 1200 g/mol. The Morgan fingerprint density at radius 2 is 0.697 bits per heavy atom. The third kappa shape index (κ3) is 14.0. The van der Waals surface area contributed by atoms with Gasteiger partial charge in [0.15, 0.2) is 0 Å². The van der Waals surface area contributed by atoms with Crippen LogP contribution in [0.4, 0.5) is 149 Å². The minimum absolute atomic E-state index is 0.00650. The van der Waals surface area contributed by atoms with Crippen LogP contribution in [0.3, 0.4) is 0 Å². The molecule has 0 amide bonds. The zero-order valence-corrected chi connectivity index (χ0v) is 38.1. The van der Waals surface area contributed by atoms with Gasteiger partial charge in [0.1, 0.15) is 19.3 Å². The largest absolute Gasteiger partial charge is 0.472 e. The maximum Gasteiger partial charge on any atom is 0.472 e. The van der Waals surface area contributed by atoms with Gasteiger partial charge in [-0.1, -0.05) is 12.2 Å². The van der Waals surface area contributed by atoms with Gasteiger partial charge in [-0.2, -0.15) is 149 Å². The van der Waals surface area contributed by atoms with Crippen LogP contribution in [0.2, 0.25) is 0 Å². The summed E-state index contributed by atoms with van der Waals surface area (Å²) >= 11 is 0. The van der Waals surface area contributed by atoms with E-state index in [-0.39, 0.29) is 17.1 Å². The Bertz CT molecular complexity index is 1990. The first-order chi connectivity index (χ1) is 33.0. The van der Waals surface area contributed by atoms with Crippen molar-refractivity contribution in [1.82, 2.24) is 0 Å². The summed E-state index contributed by atoms with van der Waals surface area (Å²) in [5.41, 5.74) is 0. The zero-order chi connectivity index (χ0) is 61.3. The van der Waals surface area contributed by atoms with E-state index in [2.05, 4.69) is 9.05 Å². The van der Waals surface area contributed by atoms with Gasteiger partial charge in [0, 0.05) is 13.2 Å². The molecule has 0 aromatic heterocycles. The number of likely N-dealkylation sites (N-methyl/N-ethyl adjacent to an activating group) is 1. The molecule has 76 heavy (non-hydrogen) atoms. The third-order valence-electron chi connectivity index (χ3n) is 9.42. The van der Waals surface area contributed by atoms with Gasteiger partial charge in [-0.15, -0.1) is 0 Å². The first kappa shape index (κ1) is 73.1. The first-order valence-electron chi connectivity index (χ1n) is 19.4. The number of rotatable bonds is 32. The van der Waals surface area contributed by atoms with Crippen LogP contribution >= 0.6 is 7.82 Å². The van der Waals surface area contributed by atoms with Crippen LogP contribution in [0.15, 0.2) is 24.3 Å². The molecule has 0 saturated heterocycles. The molecule has 42 heteroatoms. The number of allylic oxidation sites excluding steroid dienone is 4. The van der Waals surface area contributed by atoms with Crippen molar-refractivity contribution in [2.24, 2.45) is 0 Å². The second kappa shape index (κ2) is 22.9. The third-order valence-corrected chi connectivity index (χ3v) is 10.4. The van der Waals surface area contributed by atoms with Crippen molar-refractivity contribution in [2.75, 3.05) is 60.7 Å². The number of hydrogen-bond acceptors (Lipinski definition) is 5. The van der Waals surface area contributed by atoms with E-state index in [4.69, 9.17) is 9.47 Å². The van der Waals surface area contributed by atoms with Gasteiger partial charge in [0.25, 0.3) is 0 Å². The molecule has 0 bridgehead atoms. The molecule has 0 heterocycles. The summed E-state index contributed by atoms with van der Waals surface area (Å²) in [6.07, 6.45) is -25.7. The molecule has 2 unspecified atom stereocenters. The van der Waals surface area contributed by atoms with Crippen molar-refractivity contribution in [2.45, 2.75) is 127 Å². The Kier molecular flexibility index (Phi) is 22.0. The monoisotopic (exact) mass is 1230 g/mol. The number of hydrogen-bond donors (Lipinski definition) is 1. The summed E-state index contributed by atoms with van der Waals surface area (Å²) in [5.74, 6) is -117. The van der Waals surface area contributed by atoms with Crippen LogP contribution in [0.1, 0.15) is 25.7 Å². The van der Waals surface area contributed by atoms with E-state index < -0.39 is 186 Å². The molecule has 0 aromatic rings. The zero-order valence-electron chi connectivity index (χ0n) is 37.2. The van der Waals surface area contributed by atoms with Crippen molar-refractivity contribution in [3.05, 3.63) is 24.3 Å². The molecule has 0 aliphatic rings. The number of alkyl halides is 34. The van der Waals surface area contributed by atoms with Crippen molar-refractivity contribution >= 4 is 7.82 Å². The Morgan fingerprint density at radius 3 is 1.00 bits per heavy atom. The highest BCUT2D eigenvalue weighted by Crippen LogP contribution is 2.66. The Labute approximate surface area is 402 Å². The number of unbranched alkanes of at least 4 members (excludes halogenated alkanes) is 2. The highest BCUT2D eigenvalue weighted by atomic mass is 31.2. The molecule has 1 N–H and O–H groups in total. The lowest BCUT2D eigenvalue weighted by atomic mass is 9.89. The van der Waals surface area contributed by atoms with Gasteiger partial charge in [-0.3, -0.25) is 9.05 Å². The molecular formula is C34H35F34NO6P+. The van der Waals surface area contributed by atoms with Gasteiger partial charge >= 0.3 is 103 Å². The van der Waals surface area contributed by atoms with Gasteiger partial charge in [-0.05, 0) is 37.8 Å². The summed E-state index contributed by atoms with van der Waals surface area (Å²) in [6.45, 7) is -4.77. The minimum atomic E-state index is -8.88. The van der Waals surface area contributed by atoms with Gasteiger partial charge in [0.2, 0.25) is 0 Å². The lowest BCUT2D eigenvalue weighted by Crippen LogP contribution is -2.74. The second-order valence-corrected chi connectivity index (χ2v) is 17.9. The van der Waals surface area contributed by atoms with E-state index in [1.165, 1.54) is 0 Å².